The second-order valence-corrected chi connectivity index (χ2v) is 7.81. The number of fused-ring (bicyclic) bond motifs is 8. The first-order valence-corrected chi connectivity index (χ1v) is 10.4. The van der Waals surface area contributed by atoms with Crippen molar-refractivity contribution in [2.75, 3.05) is 0 Å². The summed E-state index contributed by atoms with van der Waals surface area (Å²) in [4.78, 5) is 16.5. The van der Waals surface area contributed by atoms with Crippen LogP contribution in [-0.2, 0) is 17.1 Å². The Morgan fingerprint density at radius 3 is 1.76 bits per heavy atom. The SMILES string of the molecule is C#Cc1ccc(C2=Cc3cc4ccc(cc5nc(cc6ccc(cc2n3)[nH]6)C=C5)[nH]4)cc1.[Fe]. The fraction of sp³-hybridized carbons (Fsp3) is 0. The van der Waals surface area contributed by atoms with E-state index in [1.807, 2.05) is 54.6 Å². The van der Waals surface area contributed by atoms with Crippen LogP contribution in [0.2, 0.25) is 0 Å². The van der Waals surface area contributed by atoms with Crippen molar-refractivity contribution in [1.82, 2.24) is 19.9 Å². The molecule has 2 aliphatic rings. The Morgan fingerprint density at radius 2 is 1.18 bits per heavy atom. The van der Waals surface area contributed by atoms with Gasteiger partial charge in [0.05, 0.1) is 22.8 Å². The molecule has 4 aromatic rings. The van der Waals surface area contributed by atoms with E-state index in [2.05, 4.69) is 57.3 Å². The van der Waals surface area contributed by atoms with Crippen LogP contribution in [-0.4, -0.2) is 19.9 Å². The number of rotatable bonds is 1. The average molecular weight is 466 g/mol. The Balaban J connectivity index is 0.00000228. The minimum Gasteiger partial charge on any atom is -0.355 e. The van der Waals surface area contributed by atoms with Crippen LogP contribution in [0.15, 0.2) is 72.8 Å². The molecule has 6 rings (SSSR count). The minimum atomic E-state index is 0. The Morgan fingerprint density at radius 1 is 0.636 bits per heavy atom. The van der Waals surface area contributed by atoms with E-state index in [0.29, 0.717) is 0 Å². The van der Waals surface area contributed by atoms with E-state index in [4.69, 9.17) is 11.4 Å². The van der Waals surface area contributed by atoms with Crippen LogP contribution >= 0.6 is 0 Å². The van der Waals surface area contributed by atoms with Gasteiger partial charge in [0.15, 0.2) is 0 Å². The molecule has 8 bridgehead atoms. The third-order valence-corrected chi connectivity index (χ3v) is 5.53. The fourth-order valence-corrected chi connectivity index (χ4v) is 3.99. The van der Waals surface area contributed by atoms with Crippen LogP contribution in [0.1, 0.15) is 33.9 Å². The number of benzene rings is 1. The third kappa shape index (κ3) is 4.18. The molecule has 0 amide bonds. The van der Waals surface area contributed by atoms with E-state index in [0.717, 1.165) is 61.5 Å². The van der Waals surface area contributed by atoms with E-state index < -0.39 is 0 Å². The summed E-state index contributed by atoms with van der Waals surface area (Å²) in [6, 6.07) is 24.4. The molecule has 0 unspecified atom stereocenters. The third-order valence-electron chi connectivity index (χ3n) is 5.53. The van der Waals surface area contributed by atoms with E-state index in [1.165, 1.54) is 0 Å². The number of aromatic nitrogens is 4. The maximum absolute atomic E-state index is 5.53. The molecule has 158 valence electrons. The number of nitrogens with one attached hydrogen (secondary N) is 2. The van der Waals surface area contributed by atoms with E-state index in [-0.39, 0.29) is 17.1 Å². The number of nitrogens with zero attached hydrogens (tertiary/aromatic N) is 2. The molecule has 2 N–H and O–H groups in total. The van der Waals surface area contributed by atoms with Crippen LogP contribution in [0, 0.1) is 12.3 Å². The van der Waals surface area contributed by atoms with Crippen LogP contribution in [0.25, 0.3) is 45.9 Å². The summed E-state index contributed by atoms with van der Waals surface area (Å²) in [5.74, 6) is 2.68. The van der Waals surface area contributed by atoms with Crippen molar-refractivity contribution >= 4 is 45.9 Å². The Labute approximate surface area is 201 Å². The van der Waals surface area contributed by atoms with Crippen molar-refractivity contribution in [2.45, 2.75) is 0 Å². The summed E-state index contributed by atoms with van der Waals surface area (Å²) in [5, 5.41) is 0. The van der Waals surface area contributed by atoms with Gasteiger partial charge < -0.3 is 9.97 Å². The van der Waals surface area contributed by atoms with E-state index in [9.17, 15) is 0 Å². The van der Waals surface area contributed by atoms with Crippen LogP contribution in [0.3, 0.4) is 0 Å². The average Bonchev–Trinajstić information content (AvgIpc) is 3.59. The van der Waals surface area contributed by atoms with Gasteiger partial charge in [0, 0.05) is 50.3 Å². The molecule has 0 saturated carbocycles. The number of H-pyrrole nitrogens is 2. The summed E-state index contributed by atoms with van der Waals surface area (Å²) in [6.45, 7) is 0. The number of hydrogen-bond donors (Lipinski definition) is 2. The van der Waals surface area contributed by atoms with Gasteiger partial charge in [-0.15, -0.1) is 6.42 Å². The molecule has 4 nitrogen and oxygen atoms in total. The van der Waals surface area contributed by atoms with Crippen molar-refractivity contribution in [3.8, 4) is 12.3 Å². The van der Waals surface area contributed by atoms with Crippen LogP contribution in [0.4, 0.5) is 0 Å². The molecule has 0 atom stereocenters. The smallest absolute Gasteiger partial charge is 0.0736 e. The second-order valence-electron chi connectivity index (χ2n) is 7.81. The molecule has 5 heteroatoms. The largest absolute Gasteiger partial charge is 0.355 e. The molecule has 0 aliphatic carbocycles. The van der Waals surface area contributed by atoms with Gasteiger partial charge in [0.1, 0.15) is 0 Å². The summed E-state index contributed by atoms with van der Waals surface area (Å²) in [6.07, 6.45) is 11.7. The van der Waals surface area contributed by atoms with Gasteiger partial charge in [-0.2, -0.15) is 0 Å². The molecule has 0 spiro atoms. The first-order valence-electron chi connectivity index (χ1n) is 10.4. The molecule has 0 saturated heterocycles. The second kappa shape index (κ2) is 8.44. The van der Waals surface area contributed by atoms with Crippen molar-refractivity contribution in [1.29, 1.82) is 0 Å². The van der Waals surface area contributed by atoms with Crippen molar-refractivity contribution in [3.63, 3.8) is 0 Å². The van der Waals surface area contributed by atoms with Gasteiger partial charge >= 0.3 is 0 Å². The first-order chi connectivity index (χ1) is 15.7. The molecule has 5 heterocycles. The predicted octanol–water partition coefficient (Wildman–Crippen LogP) is 6.05. The molecule has 2 aliphatic heterocycles. The normalized spacial score (nSPS) is 12.0. The molecule has 0 radical (unpaired) electrons. The standard InChI is InChI=1S/C28H18N4.Fe/c1-2-18-3-5-19(6-4-18)27-16-26-15-24-10-9-22(30-24)13-20-7-8-21(29-20)14-23-11-12-25(31-23)17-28(27)32-26;/h1,3-17,30-31H;. The number of aromatic amines is 2. The monoisotopic (exact) mass is 466 g/mol. The van der Waals surface area contributed by atoms with Crippen LogP contribution < -0.4 is 0 Å². The summed E-state index contributed by atoms with van der Waals surface area (Å²) in [5.41, 5.74) is 10.6. The van der Waals surface area contributed by atoms with Gasteiger partial charge in [0.25, 0.3) is 0 Å². The molecule has 3 aromatic heterocycles. The van der Waals surface area contributed by atoms with Gasteiger partial charge in [-0.1, -0.05) is 18.1 Å². The fourth-order valence-electron chi connectivity index (χ4n) is 3.99. The van der Waals surface area contributed by atoms with Crippen molar-refractivity contribution < 1.29 is 17.1 Å². The Bertz CT molecular complexity index is 1630. The predicted molar refractivity (Wildman–Crippen MR) is 131 cm³/mol. The van der Waals surface area contributed by atoms with Gasteiger partial charge in [-0.05, 0) is 84.5 Å². The number of hydrogen-bond acceptors (Lipinski definition) is 2. The number of terminal acetylenes is 1. The molecule has 1 aromatic carbocycles. The first kappa shape index (κ1) is 20.8. The zero-order valence-electron chi connectivity index (χ0n) is 17.5. The molecular formula is C28H18FeN4. The molecular weight excluding hydrogens is 448 g/mol. The zero-order chi connectivity index (χ0) is 21.5. The maximum Gasteiger partial charge on any atom is 0.0736 e. The van der Waals surface area contributed by atoms with Crippen molar-refractivity contribution in [3.05, 3.63) is 107 Å². The molecule has 0 fully saturated rings. The van der Waals surface area contributed by atoms with Crippen molar-refractivity contribution in [2.24, 2.45) is 0 Å². The Kier molecular flexibility index (Phi) is 5.32. The van der Waals surface area contributed by atoms with E-state index in [1.54, 1.807) is 0 Å². The molecule has 33 heavy (non-hydrogen) atoms. The maximum atomic E-state index is 5.53. The van der Waals surface area contributed by atoms with E-state index >= 15 is 0 Å². The summed E-state index contributed by atoms with van der Waals surface area (Å²) < 4.78 is 0. The Hall–Kier alpha value is -4.10. The van der Waals surface area contributed by atoms with Crippen LogP contribution in [0.5, 0.6) is 0 Å². The minimum absolute atomic E-state index is 0. The quantitative estimate of drug-likeness (QED) is 0.229. The van der Waals surface area contributed by atoms with Gasteiger partial charge in [0.2, 0.25) is 0 Å². The summed E-state index contributed by atoms with van der Waals surface area (Å²) >= 11 is 0. The van der Waals surface area contributed by atoms with Gasteiger partial charge in [-0.3, -0.25) is 0 Å². The topological polar surface area (TPSA) is 57.4 Å². The summed E-state index contributed by atoms with van der Waals surface area (Å²) in [7, 11) is 0. The zero-order valence-corrected chi connectivity index (χ0v) is 18.6. The van der Waals surface area contributed by atoms with Gasteiger partial charge in [-0.25, -0.2) is 9.97 Å².